The molecule has 1 aromatic rings. The maximum atomic E-state index is 13.6. The average Bonchev–Trinajstić information content (AvgIpc) is 2.89. The lowest BCUT2D eigenvalue weighted by Crippen LogP contribution is -2.30. The molecule has 1 atom stereocenters. The molecular formula is C13H13BrFNO3. The average molecular weight is 330 g/mol. The molecule has 2 rings (SSSR count). The van der Waals surface area contributed by atoms with Gasteiger partial charge in [-0.1, -0.05) is 15.9 Å². The first-order valence-corrected chi connectivity index (χ1v) is 6.64. The van der Waals surface area contributed by atoms with Gasteiger partial charge in [0, 0.05) is 17.6 Å². The molecule has 0 bridgehead atoms. The van der Waals surface area contributed by atoms with Crippen LogP contribution >= 0.6 is 15.9 Å². The van der Waals surface area contributed by atoms with Crippen molar-refractivity contribution in [1.29, 1.82) is 0 Å². The van der Waals surface area contributed by atoms with E-state index in [1.807, 2.05) is 0 Å². The summed E-state index contributed by atoms with van der Waals surface area (Å²) in [7, 11) is 1.32. The van der Waals surface area contributed by atoms with E-state index in [0.29, 0.717) is 17.4 Å². The number of ether oxygens (including phenoxy) is 1. The van der Waals surface area contributed by atoms with Gasteiger partial charge in [0.2, 0.25) is 0 Å². The van der Waals surface area contributed by atoms with Crippen molar-refractivity contribution in [3.05, 3.63) is 34.1 Å². The molecule has 4 nitrogen and oxygen atoms in total. The van der Waals surface area contributed by atoms with Crippen LogP contribution < -0.4 is 0 Å². The maximum absolute atomic E-state index is 13.6. The predicted octanol–water partition coefficient (Wildman–Crippen LogP) is 2.22. The van der Waals surface area contributed by atoms with Crippen LogP contribution in [0.25, 0.3) is 0 Å². The number of carbonyl (C=O) groups is 2. The monoisotopic (exact) mass is 329 g/mol. The van der Waals surface area contributed by atoms with Gasteiger partial charge in [-0.2, -0.15) is 0 Å². The highest BCUT2D eigenvalue weighted by Crippen LogP contribution is 2.22. The molecule has 6 heteroatoms. The number of amides is 1. The van der Waals surface area contributed by atoms with Crippen LogP contribution in [-0.4, -0.2) is 37.0 Å². The van der Waals surface area contributed by atoms with Crippen molar-refractivity contribution in [3.8, 4) is 0 Å². The lowest BCUT2D eigenvalue weighted by molar-refractivity contribution is -0.144. The third-order valence-electron chi connectivity index (χ3n) is 3.17. The third kappa shape index (κ3) is 2.94. The number of halogens is 2. The van der Waals surface area contributed by atoms with Crippen molar-refractivity contribution in [3.63, 3.8) is 0 Å². The molecule has 1 amide bonds. The molecule has 1 aromatic carbocycles. The number of esters is 1. The van der Waals surface area contributed by atoms with Crippen LogP contribution in [0, 0.1) is 11.7 Å². The van der Waals surface area contributed by atoms with Crippen molar-refractivity contribution < 1.29 is 18.7 Å². The molecule has 1 aliphatic heterocycles. The van der Waals surface area contributed by atoms with Crippen LogP contribution in [0.3, 0.4) is 0 Å². The van der Waals surface area contributed by atoms with E-state index in [1.165, 1.54) is 30.2 Å². The van der Waals surface area contributed by atoms with Crippen molar-refractivity contribution in [2.24, 2.45) is 5.92 Å². The molecule has 0 N–H and O–H groups in total. The van der Waals surface area contributed by atoms with Crippen LogP contribution in [0.1, 0.15) is 16.8 Å². The second kappa shape index (κ2) is 5.69. The first-order valence-electron chi connectivity index (χ1n) is 5.85. The summed E-state index contributed by atoms with van der Waals surface area (Å²) >= 11 is 3.21. The Labute approximate surface area is 118 Å². The third-order valence-corrected chi connectivity index (χ3v) is 3.66. The van der Waals surface area contributed by atoms with Gasteiger partial charge in [0.05, 0.1) is 18.6 Å². The van der Waals surface area contributed by atoms with Gasteiger partial charge in [0.15, 0.2) is 0 Å². The highest BCUT2D eigenvalue weighted by Gasteiger charge is 2.32. The summed E-state index contributed by atoms with van der Waals surface area (Å²) in [6.45, 7) is 0.710. The van der Waals surface area contributed by atoms with E-state index in [2.05, 4.69) is 20.7 Å². The predicted molar refractivity (Wildman–Crippen MR) is 70.1 cm³/mol. The highest BCUT2D eigenvalue weighted by molar-refractivity contribution is 9.10. The molecule has 1 fully saturated rings. The second-order valence-electron chi connectivity index (χ2n) is 4.38. The minimum absolute atomic E-state index is 0.0138. The lowest BCUT2D eigenvalue weighted by atomic mass is 10.1. The smallest absolute Gasteiger partial charge is 0.310 e. The molecule has 0 spiro atoms. The molecule has 1 unspecified atom stereocenters. The van der Waals surface area contributed by atoms with E-state index >= 15 is 0 Å². The van der Waals surface area contributed by atoms with Crippen molar-refractivity contribution in [2.45, 2.75) is 6.42 Å². The summed E-state index contributed by atoms with van der Waals surface area (Å²) < 4.78 is 18.9. The molecule has 0 radical (unpaired) electrons. The van der Waals surface area contributed by atoms with Gasteiger partial charge >= 0.3 is 5.97 Å². The maximum Gasteiger partial charge on any atom is 0.310 e. The van der Waals surface area contributed by atoms with Gasteiger partial charge in [-0.25, -0.2) is 4.39 Å². The Hall–Kier alpha value is -1.43. The first kappa shape index (κ1) is 14.0. The Morgan fingerprint density at radius 2 is 2.21 bits per heavy atom. The van der Waals surface area contributed by atoms with Gasteiger partial charge in [-0.05, 0) is 24.6 Å². The molecule has 1 saturated heterocycles. The zero-order chi connectivity index (χ0) is 14.0. The van der Waals surface area contributed by atoms with Crippen LogP contribution in [-0.2, 0) is 9.53 Å². The standard InChI is InChI=1S/C13H13BrFNO3/c1-19-13(18)8-4-5-16(7-8)12(17)10-6-9(14)2-3-11(10)15/h2-3,6,8H,4-5,7H2,1H3. The van der Waals surface area contributed by atoms with Crippen LogP contribution in [0.5, 0.6) is 0 Å². The number of hydrogen-bond donors (Lipinski definition) is 0. The van der Waals surface area contributed by atoms with E-state index in [4.69, 9.17) is 0 Å². The van der Waals surface area contributed by atoms with Crippen molar-refractivity contribution in [1.82, 2.24) is 4.90 Å². The van der Waals surface area contributed by atoms with Gasteiger partial charge < -0.3 is 9.64 Å². The van der Waals surface area contributed by atoms with Crippen molar-refractivity contribution in [2.75, 3.05) is 20.2 Å². The molecule has 102 valence electrons. The fraction of sp³-hybridized carbons (Fsp3) is 0.385. The molecule has 0 aliphatic carbocycles. The minimum atomic E-state index is -0.560. The van der Waals surface area contributed by atoms with E-state index < -0.39 is 11.7 Å². The Bertz CT molecular complexity index is 521. The molecule has 1 aliphatic rings. The second-order valence-corrected chi connectivity index (χ2v) is 5.30. The Kier molecular flexibility index (Phi) is 4.19. The van der Waals surface area contributed by atoms with Gasteiger partial charge in [-0.15, -0.1) is 0 Å². The summed E-state index contributed by atoms with van der Waals surface area (Å²) in [6.07, 6.45) is 0.550. The number of carbonyl (C=O) groups excluding carboxylic acids is 2. The van der Waals surface area contributed by atoms with E-state index in [0.717, 1.165) is 0 Å². The molecule has 0 saturated carbocycles. The topological polar surface area (TPSA) is 46.6 Å². The fourth-order valence-corrected chi connectivity index (χ4v) is 2.50. The quantitative estimate of drug-likeness (QED) is 0.781. The summed E-state index contributed by atoms with van der Waals surface area (Å²) in [6, 6.07) is 4.22. The fourth-order valence-electron chi connectivity index (χ4n) is 2.14. The summed E-state index contributed by atoms with van der Waals surface area (Å²) in [5.74, 6) is -1.60. The van der Waals surface area contributed by atoms with Crippen LogP contribution in [0.2, 0.25) is 0 Å². The van der Waals surface area contributed by atoms with Gasteiger partial charge in [-0.3, -0.25) is 9.59 Å². The first-order chi connectivity index (χ1) is 9.02. The Morgan fingerprint density at radius 3 is 2.89 bits per heavy atom. The van der Waals surface area contributed by atoms with Crippen LogP contribution in [0.15, 0.2) is 22.7 Å². The van der Waals surface area contributed by atoms with E-state index in [1.54, 1.807) is 0 Å². The zero-order valence-electron chi connectivity index (χ0n) is 10.4. The summed E-state index contributed by atoms with van der Waals surface area (Å²) in [5.41, 5.74) is 0.0138. The number of likely N-dealkylation sites (tertiary alicyclic amines) is 1. The number of rotatable bonds is 2. The minimum Gasteiger partial charge on any atom is -0.469 e. The molecular weight excluding hydrogens is 317 g/mol. The van der Waals surface area contributed by atoms with E-state index in [-0.39, 0.29) is 24.0 Å². The summed E-state index contributed by atoms with van der Waals surface area (Å²) in [4.78, 5) is 25.1. The molecule has 0 aromatic heterocycles. The zero-order valence-corrected chi connectivity index (χ0v) is 11.9. The van der Waals surface area contributed by atoms with Gasteiger partial charge in [0.25, 0.3) is 5.91 Å². The SMILES string of the molecule is COC(=O)C1CCN(C(=O)c2cc(Br)ccc2F)C1. The molecule has 19 heavy (non-hydrogen) atoms. The normalized spacial score (nSPS) is 18.5. The largest absolute Gasteiger partial charge is 0.469 e. The Balaban J connectivity index is 2.13. The number of nitrogens with zero attached hydrogens (tertiary/aromatic N) is 1. The number of hydrogen-bond acceptors (Lipinski definition) is 3. The highest BCUT2D eigenvalue weighted by atomic mass is 79.9. The van der Waals surface area contributed by atoms with Crippen LogP contribution in [0.4, 0.5) is 4.39 Å². The molecule has 1 heterocycles. The Morgan fingerprint density at radius 1 is 1.47 bits per heavy atom. The lowest BCUT2D eigenvalue weighted by Gasteiger charge is -2.16. The summed E-state index contributed by atoms with van der Waals surface area (Å²) in [5, 5.41) is 0. The van der Waals surface area contributed by atoms with Crippen molar-refractivity contribution >= 4 is 27.8 Å². The van der Waals surface area contributed by atoms with Gasteiger partial charge in [0.1, 0.15) is 5.82 Å². The number of benzene rings is 1. The van der Waals surface area contributed by atoms with E-state index in [9.17, 15) is 14.0 Å². The number of methoxy groups -OCH3 is 1.